The van der Waals surface area contributed by atoms with Crippen LogP contribution in [0.2, 0.25) is 0 Å². The van der Waals surface area contributed by atoms with E-state index in [1.54, 1.807) is 43.3 Å². The number of aromatic nitrogens is 3. The Kier molecular flexibility index (Phi) is 15.9. The number of benzene rings is 1. The van der Waals surface area contributed by atoms with Crippen LogP contribution in [0.1, 0.15) is 76.8 Å². The summed E-state index contributed by atoms with van der Waals surface area (Å²) in [6.45, 7) is 13.8. The molecular formula is C51H70N10O8S. The van der Waals surface area contributed by atoms with E-state index < -0.39 is 47.0 Å². The van der Waals surface area contributed by atoms with Crippen LogP contribution in [0.3, 0.4) is 0 Å². The third-order valence-electron chi connectivity index (χ3n) is 13.6. The van der Waals surface area contributed by atoms with Gasteiger partial charge < -0.3 is 44.1 Å². The highest BCUT2D eigenvalue weighted by Crippen LogP contribution is 2.42. The zero-order valence-electron chi connectivity index (χ0n) is 42.4. The number of rotatable bonds is 12. The first-order valence-electron chi connectivity index (χ1n) is 24.1. The maximum Gasteiger partial charge on any atom is 0.355 e. The van der Waals surface area contributed by atoms with Gasteiger partial charge in [-0.05, 0) is 76.5 Å². The topological polar surface area (TPSA) is 195 Å². The number of aryl methyl sites for hydroxylation is 1. The molecule has 6 bridgehead atoms. The number of fused-ring (bicyclic) bond motifs is 6. The molecule has 4 atom stereocenters. The average molecular weight is 983 g/mol. The number of hydrogen-bond acceptors (Lipinski definition) is 13. The Bertz CT molecular complexity index is 2620. The third-order valence-corrected chi connectivity index (χ3v) is 14.5. The van der Waals surface area contributed by atoms with E-state index in [4.69, 9.17) is 19.4 Å². The minimum atomic E-state index is -2.24. The van der Waals surface area contributed by atoms with Crippen molar-refractivity contribution in [2.75, 3.05) is 68.1 Å². The van der Waals surface area contributed by atoms with Gasteiger partial charge in [-0.25, -0.2) is 14.6 Å². The molecule has 5 amide bonds. The number of cyclic esters (lactones) is 1. The van der Waals surface area contributed by atoms with Crippen molar-refractivity contribution in [3.8, 4) is 22.5 Å². The number of hydrogen-bond donors (Lipinski definition) is 3. The number of esters is 1. The van der Waals surface area contributed by atoms with E-state index in [1.165, 1.54) is 27.3 Å². The van der Waals surface area contributed by atoms with Gasteiger partial charge in [-0.15, -0.1) is 11.3 Å². The van der Waals surface area contributed by atoms with Crippen molar-refractivity contribution in [2.24, 2.45) is 11.3 Å². The van der Waals surface area contributed by atoms with Gasteiger partial charge in [0.2, 0.25) is 17.5 Å². The van der Waals surface area contributed by atoms with Crippen LogP contribution < -0.4 is 10.7 Å². The first kappa shape index (κ1) is 52.1. The molecule has 378 valence electrons. The molecule has 70 heavy (non-hydrogen) atoms. The minimum absolute atomic E-state index is 0.0167. The molecule has 1 aromatic carbocycles. The van der Waals surface area contributed by atoms with E-state index in [-0.39, 0.29) is 56.4 Å². The summed E-state index contributed by atoms with van der Waals surface area (Å²) in [5, 5.41) is 19.5. The highest BCUT2D eigenvalue weighted by molar-refractivity contribution is 7.10. The second-order valence-corrected chi connectivity index (χ2v) is 21.2. The Morgan fingerprint density at radius 2 is 1.86 bits per heavy atom. The number of pyridine rings is 1. The van der Waals surface area contributed by atoms with Gasteiger partial charge in [-0.3, -0.25) is 24.4 Å². The lowest BCUT2D eigenvalue weighted by atomic mass is 9.84. The molecule has 2 fully saturated rings. The molecule has 0 unspecified atom stereocenters. The van der Waals surface area contributed by atoms with Crippen LogP contribution in [0.25, 0.3) is 33.4 Å². The van der Waals surface area contributed by atoms with Gasteiger partial charge in [0.15, 0.2) is 0 Å². The number of amides is 5. The van der Waals surface area contributed by atoms with Crippen molar-refractivity contribution >= 4 is 52.0 Å². The molecule has 3 aliphatic rings. The van der Waals surface area contributed by atoms with Crippen molar-refractivity contribution in [1.29, 1.82) is 0 Å². The van der Waals surface area contributed by atoms with E-state index in [0.29, 0.717) is 43.3 Å². The van der Waals surface area contributed by atoms with Crippen molar-refractivity contribution in [3.05, 3.63) is 70.3 Å². The van der Waals surface area contributed by atoms with Crippen LogP contribution in [-0.4, -0.2) is 166 Å². The smallest absolute Gasteiger partial charge is 0.355 e. The number of ether oxygens (including phenoxy) is 2. The van der Waals surface area contributed by atoms with E-state index in [2.05, 4.69) is 40.4 Å². The maximum absolute atomic E-state index is 14.7. The Morgan fingerprint density at radius 1 is 1.11 bits per heavy atom. The van der Waals surface area contributed by atoms with Gasteiger partial charge in [0, 0.05) is 112 Å². The quantitative estimate of drug-likeness (QED) is 0.129. The van der Waals surface area contributed by atoms with Crippen molar-refractivity contribution in [3.63, 3.8) is 0 Å². The fraction of sp³-hybridized carbons (Fsp3) is 0.549. The molecule has 3 aromatic heterocycles. The van der Waals surface area contributed by atoms with Gasteiger partial charge in [0.1, 0.15) is 12.1 Å². The first-order chi connectivity index (χ1) is 33.2. The molecule has 0 spiro atoms. The summed E-state index contributed by atoms with van der Waals surface area (Å²) in [4.78, 5) is 86.3. The van der Waals surface area contributed by atoms with E-state index in [0.717, 1.165) is 39.0 Å². The predicted octanol–water partition coefficient (Wildman–Crippen LogP) is 4.86. The molecule has 0 aliphatic carbocycles. The number of nitrogens with one attached hydrogen (secondary N) is 2. The first-order valence-corrected chi connectivity index (χ1v) is 25.0. The zero-order valence-corrected chi connectivity index (χ0v) is 43.3. The van der Waals surface area contributed by atoms with Gasteiger partial charge in [0.05, 0.1) is 40.8 Å². The van der Waals surface area contributed by atoms with Gasteiger partial charge >= 0.3 is 12.0 Å². The summed E-state index contributed by atoms with van der Waals surface area (Å²) in [6, 6.07) is 7.37. The molecule has 0 radical (unpaired) electrons. The number of hydrazine groups is 1. The number of nitrogens with zero attached hydrogens (tertiary/aromatic N) is 8. The Hall–Kier alpha value is -5.73. The average Bonchev–Trinajstić information content (AvgIpc) is 3.90. The Labute approximate surface area is 414 Å². The van der Waals surface area contributed by atoms with Gasteiger partial charge in [-0.1, -0.05) is 39.8 Å². The summed E-state index contributed by atoms with van der Waals surface area (Å²) < 4.78 is 14.0. The number of carbonyl (C=O) groups excluding carboxylic acids is 5. The number of likely N-dealkylation sites (tertiary alicyclic amines) is 1. The van der Waals surface area contributed by atoms with Gasteiger partial charge in [0.25, 0.3) is 5.91 Å². The number of aliphatic hydroxyl groups is 1. The Balaban J connectivity index is 1.22. The molecule has 3 aliphatic heterocycles. The maximum atomic E-state index is 14.7. The number of likely N-dealkylation sites (N-methyl/N-ethyl adjacent to an activating group) is 3. The van der Waals surface area contributed by atoms with E-state index in [9.17, 15) is 29.1 Å². The van der Waals surface area contributed by atoms with Gasteiger partial charge in [-0.2, -0.15) is 5.43 Å². The van der Waals surface area contributed by atoms with Crippen LogP contribution in [0.5, 0.6) is 0 Å². The van der Waals surface area contributed by atoms with Crippen LogP contribution >= 0.6 is 11.3 Å². The summed E-state index contributed by atoms with van der Waals surface area (Å²) >= 11 is 1.36. The number of carbonyl (C=O) groups is 5. The standard InChI is InChI=1S/C51H70N10O8S/c1-12-60-40-19-18-33-24-36(40)37(45(60)35-16-13-21-52-43(35)32(4)68-11)26-50(5,6)30-69-48(65)51(67)20-15-23-61(55-51)47(64)38(25-41-53-39(33)29-70-41)54-46(63)44(31(2)3)58(10)49(66)57(9)34-27-59(28-34)42(62)17-14-22-56(7)8/h13-14,16-19,21,24,29,31-32,34,38,44,55,67H,12,15,20,22-23,25-28,30H2,1-11H3,(H,54,63)/b17-14+/t32-,38-,44-,51-/m0/s1. The zero-order chi connectivity index (χ0) is 50.8. The Morgan fingerprint density at radius 3 is 2.54 bits per heavy atom. The van der Waals surface area contributed by atoms with Crippen LogP contribution in [-0.2, 0) is 48.0 Å². The molecule has 4 aromatic rings. The third kappa shape index (κ3) is 10.9. The SMILES string of the molecule is CCn1c(-c2cccnc2[C@H](C)OC)c2c3cc(ccc31)-c1csc(n1)C[C@H](NC(=O)[C@H](C(C)C)N(C)C(=O)N(C)C1CN(C(=O)/C=C/CN(C)C)C1)C(=O)N1CCC[C@@](O)(N1)C(=O)OCC(C)(C)C2. The minimum Gasteiger partial charge on any atom is -0.462 e. The normalized spacial score (nSPS) is 20.9. The summed E-state index contributed by atoms with van der Waals surface area (Å²) in [7, 11) is 8.71. The molecule has 6 heterocycles. The monoisotopic (exact) mass is 983 g/mol. The summed E-state index contributed by atoms with van der Waals surface area (Å²) in [6.07, 6.45) is 5.52. The number of thiazole rings is 1. The lowest BCUT2D eigenvalue weighted by Gasteiger charge is -2.45. The van der Waals surface area contributed by atoms with Crippen molar-refractivity contribution in [1.82, 2.24) is 49.9 Å². The fourth-order valence-electron chi connectivity index (χ4n) is 9.66. The lowest BCUT2D eigenvalue weighted by Crippen LogP contribution is -2.67. The predicted molar refractivity (Wildman–Crippen MR) is 268 cm³/mol. The molecule has 2 saturated heterocycles. The number of urea groups is 1. The summed E-state index contributed by atoms with van der Waals surface area (Å²) in [5.41, 5.74) is 6.20. The lowest BCUT2D eigenvalue weighted by molar-refractivity contribution is -0.189. The molecule has 7 rings (SSSR count). The fourth-order valence-corrected chi connectivity index (χ4v) is 10.5. The van der Waals surface area contributed by atoms with Crippen LogP contribution in [0.4, 0.5) is 4.79 Å². The van der Waals surface area contributed by atoms with Crippen molar-refractivity contribution < 1.29 is 38.6 Å². The number of methoxy groups -OCH3 is 1. The highest BCUT2D eigenvalue weighted by atomic mass is 32.1. The second-order valence-electron chi connectivity index (χ2n) is 20.2. The molecule has 18 nitrogen and oxygen atoms in total. The van der Waals surface area contributed by atoms with E-state index in [1.807, 2.05) is 71.1 Å². The largest absolute Gasteiger partial charge is 0.462 e. The van der Waals surface area contributed by atoms with Crippen LogP contribution in [0, 0.1) is 11.3 Å². The molecule has 19 heteroatoms. The highest BCUT2D eigenvalue weighted by Gasteiger charge is 2.46. The molecule has 0 saturated carbocycles. The summed E-state index contributed by atoms with van der Waals surface area (Å²) in [5.74, 6) is -2.59. The molecule has 3 N–H and O–H groups in total. The van der Waals surface area contributed by atoms with Crippen molar-refractivity contribution in [2.45, 2.75) is 104 Å². The second kappa shape index (κ2) is 21.3. The van der Waals surface area contributed by atoms with E-state index >= 15 is 0 Å². The van der Waals surface area contributed by atoms with Crippen LogP contribution in [0.15, 0.2) is 54.1 Å². The molecular weight excluding hydrogens is 913 g/mol.